The first kappa shape index (κ1) is 16.1. The molecule has 0 radical (unpaired) electrons. The molecular formula is C15H15BrFNO2S. The maximum Gasteiger partial charge on any atom is 0.241 e. The van der Waals surface area contributed by atoms with Crippen LogP contribution in [0.25, 0.3) is 0 Å². The third-order valence-corrected chi connectivity index (χ3v) is 5.35. The largest absolute Gasteiger partial charge is 0.241 e. The zero-order valence-electron chi connectivity index (χ0n) is 11.6. The van der Waals surface area contributed by atoms with Crippen LogP contribution in [0.3, 0.4) is 0 Å². The van der Waals surface area contributed by atoms with Gasteiger partial charge in [0.2, 0.25) is 10.0 Å². The standard InChI is InChI=1S/C15H15BrFNO2S/c1-10-3-8-14(17)9-15(10)21(19,20)18-11(2)12-4-6-13(16)7-5-12/h3-9,11,18H,1-2H3. The summed E-state index contributed by atoms with van der Waals surface area (Å²) in [6.07, 6.45) is 0. The monoisotopic (exact) mass is 371 g/mol. The first-order valence-electron chi connectivity index (χ1n) is 6.33. The molecule has 1 unspecified atom stereocenters. The summed E-state index contributed by atoms with van der Waals surface area (Å²) in [7, 11) is -3.77. The number of aryl methyl sites for hydroxylation is 1. The number of sulfonamides is 1. The minimum Gasteiger partial charge on any atom is -0.207 e. The third kappa shape index (κ3) is 3.90. The van der Waals surface area contributed by atoms with Crippen molar-refractivity contribution in [1.82, 2.24) is 4.72 Å². The number of halogens is 2. The zero-order chi connectivity index (χ0) is 15.6. The Morgan fingerprint density at radius 1 is 1.14 bits per heavy atom. The van der Waals surface area contributed by atoms with Crippen LogP contribution in [0.1, 0.15) is 24.1 Å². The van der Waals surface area contributed by atoms with E-state index >= 15 is 0 Å². The van der Waals surface area contributed by atoms with Crippen LogP contribution in [-0.2, 0) is 10.0 Å². The second-order valence-electron chi connectivity index (χ2n) is 4.80. The van der Waals surface area contributed by atoms with Crippen molar-refractivity contribution in [3.8, 4) is 0 Å². The average Bonchev–Trinajstić information content (AvgIpc) is 2.41. The van der Waals surface area contributed by atoms with Gasteiger partial charge < -0.3 is 0 Å². The number of rotatable bonds is 4. The molecular weight excluding hydrogens is 357 g/mol. The summed E-state index contributed by atoms with van der Waals surface area (Å²) in [6.45, 7) is 3.38. The Hall–Kier alpha value is -1.24. The smallest absolute Gasteiger partial charge is 0.207 e. The lowest BCUT2D eigenvalue weighted by Gasteiger charge is -2.16. The average molecular weight is 372 g/mol. The molecule has 0 aromatic heterocycles. The minimum atomic E-state index is -3.77. The van der Waals surface area contributed by atoms with Crippen molar-refractivity contribution in [2.45, 2.75) is 24.8 Å². The summed E-state index contributed by atoms with van der Waals surface area (Å²) < 4.78 is 41.5. The maximum atomic E-state index is 13.3. The van der Waals surface area contributed by atoms with Crippen LogP contribution < -0.4 is 4.72 Å². The second-order valence-corrected chi connectivity index (χ2v) is 7.40. The fraction of sp³-hybridized carbons (Fsp3) is 0.200. The van der Waals surface area contributed by atoms with Gasteiger partial charge in [-0.15, -0.1) is 0 Å². The van der Waals surface area contributed by atoms with E-state index in [1.54, 1.807) is 13.8 Å². The highest BCUT2D eigenvalue weighted by atomic mass is 79.9. The Morgan fingerprint density at radius 2 is 1.76 bits per heavy atom. The first-order chi connectivity index (χ1) is 9.79. The highest BCUT2D eigenvalue weighted by molar-refractivity contribution is 9.10. The highest BCUT2D eigenvalue weighted by Gasteiger charge is 2.20. The van der Waals surface area contributed by atoms with Crippen molar-refractivity contribution in [2.75, 3.05) is 0 Å². The first-order valence-corrected chi connectivity index (χ1v) is 8.61. The lowest BCUT2D eigenvalue weighted by atomic mass is 10.1. The van der Waals surface area contributed by atoms with Gasteiger partial charge in [0.05, 0.1) is 4.90 Å². The molecule has 0 aliphatic rings. The molecule has 6 heteroatoms. The molecule has 0 aliphatic carbocycles. The van der Waals surface area contributed by atoms with Crippen LogP contribution >= 0.6 is 15.9 Å². The minimum absolute atomic E-state index is 0.0357. The number of benzene rings is 2. The Bertz CT molecular complexity index is 745. The third-order valence-electron chi connectivity index (χ3n) is 3.14. The maximum absolute atomic E-state index is 13.3. The van der Waals surface area contributed by atoms with E-state index < -0.39 is 21.9 Å². The van der Waals surface area contributed by atoms with Crippen LogP contribution in [0.15, 0.2) is 51.8 Å². The van der Waals surface area contributed by atoms with Gasteiger partial charge in [-0.1, -0.05) is 34.1 Å². The summed E-state index contributed by atoms with van der Waals surface area (Å²) >= 11 is 3.33. The van der Waals surface area contributed by atoms with Gasteiger partial charge in [-0.25, -0.2) is 17.5 Å². The van der Waals surface area contributed by atoms with Crippen molar-refractivity contribution >= 4 is 26.0 Å². The van der Waals surface area contributed by atoms with Gasteiger partial charge in [-0.3, -0.25) is 0 Å². The van der Waals surface area contributed by atoms with E-state index in [2.05, 4.69) is 20.7 Å². The predicted octanol–water partition coefficient (Wildman–Crippen LogP) is 3.94. The van der Waals surface area contributed by atoms with Gasteiger partial charge in [0.15, 0.2) is 0 Å². The normalized spacial score (nSPS) is 13.1. The molecule has 1 N–H and O–H groups in total. The Morgan fingerprint density at radius 3 is 2.38 bits per heavy atom. The fourth-order valence-electron chi connectivity index (χ4n) is 1.98. The molecule has 0 spiro atoms. The molecule has 0 amide bonds. The predicted molar refractivity (Wildman–Crippen MR) is 84.0 cm³/mol. The van der Waals surface area contributed by atoms with E-state index in [0.29, 0.717) is 5.56 Å². The van der Waals surface area contributed by atoms with Gasteiger partial charge in [0, 0.05) is 10.5 Å². The molecule has 0 saturated carbocycles. The number of nitrogens with one attached hydrogen (secondary N) is 1. The molecule has 3 nitrogen and oxygen atoms in total. The molecule has 0 bridgehead atoms. The Balaban J connectivity index is 2.28. The fourth-order valence-corrected chi connectivity index (χ4v) is 3.73. The quantitative estimate of drug-likeness (QED) is 0.884. The summed E-state index contributed by atoms with van der Waals surface area (Å²) in [5.41, 5.74) is 1.34. The lowest BCUT2D eigenvalue weighted by molar-refractivity contribution is 0.563. The molecule has 0 saturated heterocycles. The molecule has 1 atom stereocenters. The van der Waals surface area contributed by atoms with E-state index in [1.807, 2.05) is 24.3 Å². The van der Waals surface area contributed by atoms with Crippen LogP contribution in [0.5, 0.6) is 0 Å². The molecule has 2 aromatic rings. The summed E-state index contributed by atoms with van der Waals surface area (Å²) in [5.74, 6) is -0.572. The second kappa shape index (κ2) is 6.25. The van der Waals surface area contributed by atoms with E-state index in [4.69, 9.17) is 0 Å². The van der Waals surface area contributed by atoms with Crippen LogP contribution in [0.2, 0.25) is 0 Å². The molecule has 21 heavy (non-hydrogen) atoms. The molecule has 112 valence electrons. The van der Waals surface area contributed by atoms with E-state index in [1.165, 1.54) is 12.1 Å². The van der Waals surface area contributed by atoms with Crippen molar-refractivity contribution < 1.29 is 12.8 Å². The molecule has 2 aromatic carbocycles. The van der Waals surface area contributed by atoms with Crippen LogP contribution in [0, 0.1) is 12.7 Å². The van der Waals surface area contributed by atoms with Gasteiger partial charge in [-0.2, -0.15) is 0 Å². The van der Waals surface area contributed by atoms with Gasteiger partial charge in [0.25, 0.3) is 0 Å². The van der Waals surface area contributed by atoms with Crippen molar-refractivity contribution in [2.24, 2.45) is 0 Å². The van der Waals surface area contributed by atoms with E-state index in [-0.39, 0.29) is 4.90 Å². The van der Waals surface area contributed by atoms with Crippen LogP contribution in [-0.4, -0.2) is 8.42 Å². The number of hydrogen-bond acceptors (Lipinski definition) is 2. The highest BCUT2D eigenvalue weighted by Crippen LogP contribution is 2.21. The summed E-state index contributed by atoms with van der Waals surface area (Å²) in [6, 6.07) is 10.7. The van der Waals surface area contributed by atoms with E-state index in [0.717, 1.165) is 16.1 Å². The van der Waals surface area contributed by atoms with Crippen molar-refractivity contribution in [3.05, 3.63) is 63.9 Å². The zero-order valence-corrected chi connectivity index (χ0v) is 14.0. The Labute approximate surface area is 132 Å². The van der Waals surface area contributed by atoms with Gasteiger partial charge >= 0.3 is 0 Å². The van der Waals surface area contributed by atoms with Crippen LogP contribution in [0.4, 0.5) is 4.39 Å². The summed E-state index contributed by atoms with van der Waals surface area (Å²) in [4.78, 5) is -0.0357. The van der Waals surface area contributed by atoms with E-state index in [9.17, 15) is 12.8 Å². The lowest BCUT2D eigenvalue weighted by Crippen LogP contribution is -2.27. The molecule has 0 aliphatic heterocycles. The van der Waals surface area contributed by atoms with Gasteiger partial charge in [-0.05, 0) is 49.2 Å². The summed E-state index contributed by atoms with van der Waals surface area (Å²) in [5, 5.41) is 0. The SMILES string of the molecule is Cc1ccc(F)cc1S(=O)(=O)NC(C)c1ccc(Br)cc1. The van der Waals surface area contributed by atoms with Crippen molar-refractivity contribution in [1.29, 1.82) is 0 Å². The Kier molecular flexibility index (Phi) is 4.81. The van der Waals surface area contributed by atoms with Gasteiger partial charge in [0.1, 0.15) is 5.82 Å². The molecule has 0 heterocycles. The number of hydrogen-bond donors (Lipinski definition) is 1. The molecule has 0 fully saturated rings. The molecule has 2 rings (SSSR count). The van der Waals surface area contributed by atoms with Crippen molar-refractivity contribution in [3.63, 3.8) is 0 Å². The topological polar surface area (TPSA) is 46.2 Å².